The van der Waals surface area contributed by atoms with E-state index < -0.39 is 12.2 Å². The van der Waals surface area contributed by atoms with Gasteiger partial charge in [0, 0.05) is 5.56 Å². The molecule has 0 aromatic heterocycles. The lowest BCUT2D eigenvalue weighted by Crippen LogP contribution is -2.16. The van der Waals surface area contributed by atoms with E-state index in [1.54, 1.807) is 6.07 Å². The van der Waals surface area contributed by atoms with E-state index in [1.807, 2.05) is 6.92 Å². The smallest absolute Gasteiger partial charge is 0.406 e. The summed E-state index contributed by atoms with van der Waals surface area (Å²) in [6.45, 7) is 1.84. The fourth-order valence-corrected chi connectivity index (χ4v) is 2.09. The average Bonchev–Trinajstić information content (AvgIpc) is 2.54. The first-order valence-electron chi connectivity index (χ1n) is 7.80. The molecule has 0 aliphatic heterocycles. The van der Waals surface area contributed by atoms with Gasteiger partial charge >= 0.3 is 6.36 Å². The van der Waals surface area contributed by atoms with Crippen molar-refractivity contribution in [3.05, 3.63) is 70.8 Å². The molecule has 2 aromatic rings. The van der Waals surface area contributed by atoms with E-state index >= 15 is 0 Å². The third-order valence-electron chi connectivity index (χ3n) is 3.23. The quantitative estimate of drug-likeness (QED) is 0.460. The van der Waals surface area contributed by atoms with Crippen molar-refractivity contribution in [3.8, 4) is 17.6 Å². The molecule has 2 rings (SSSR count). The summed E-state index contributed by atoms with van der Waals surface area (Å²) in [5.74, 6) is 3.96. The van der Waals surface area contributed by atoms with E-state index in [0.717, 1.165) is 12.1 Å². The van der Waals surface area contributed by atoms with Gasteiger partial charge in [0.15, 0.2) is 0 Å². The van der Waals surface area contributed by atoms with Gasteiger partial charge in [-0.25, -0.2) is 8.78 Å². The van der Waals surface area contributed by atoms with Crippen LogP contribution in [0.2, 0.25) is 0 Å². The molecule has 0 radical (unpaired) electrons. The minimum Gasteiger partial charge on any atom is -0.406 e. The first-order valence-corrected chi connectivity index (χ1v) is 7.80. The van der Waals surface area contributed by atoms with Crippen molar-refractivity contribution in [1.82, 2.24) is 0 Å². The van der Waals surface area contributed by atoms with Crippen LogP contribution >= 0.6 is 0 Å². The van der Waals surface area contributed by atoms with Crippen LogP contribution in [0.15, 0.2) is 48.3 Å². The Morgan fingerprint density at radius 1 is 1.08 bits per heavy atom. The average molecular weight is 366 g/mol. The number of hydrogen-bond donors (Lipinski definition) is 0. The van der Waals surface area contributed by atoms with Gasteiger partial charge in [0.25, 0.3) is 0 Å². The minimum atomic E-state index is -4.76. The molecule has 0 aliphatic rings. The van der Waals surface area contributed by atoms with E-state index in [9.17, 15) is 22.0 Å². The van der Waals surface area contributed by atoms with E-state index in [0.29, 0.717) is 17.5 Å². The fraction of sp³-hybridized carbons (Fsp3) is 0.200. The minimum absolute atomic E-state index is 0.105. The number of benzene rings is 2. The van der Waals surface area contributed by atoms with Crippen molar-refractivity contribution in [3.63, 3.8) is 0 Å². The lowest BCUT2D eigenvalue weighted by Gasteiger charge is -2.07. The summed E-state index contributed by atoms with van der Waals surface area (Å²) in [6, 6.07) is 9.07. The Kier molecular flexibility index (Phi) is 6.40. The van der Waals surface area contributed by atoms with E-state index in [4.69, 9.17) is 0 Å². The van der Waals surface area contributed by atoms with Crippen molar-refractivity contribution in [2.75, 3.05) is 0 Å². The van der Waals surface area contributed by atoms with Crippen LogP contribution in [0.1, 0.15) is 36.5 Å². The highest BCUT2D eigenvalue weighted by Crippen LogP contribution is 2.22. The Morgan fingerprint density at radius 3 is 2.35 bits per heavy atom. The molecular formula is C20H15F5O. The van der Waals surface area contributed by atoms with Crippen LogP contribution in [0.25, 0.3) is 6.08 Å². The molecule has 0 saturated heterocycles. The summed E-state index contributed by atoms with van der Waals surface area (Å²) in [7, 11) is 0. The first kappa shape index (κ1) is 19.5. The predicted molar refractivity (Wildman–Crippen MR) is 89.5 cm³/mol. The highest BCUT2D eigenvalue weighted by Gasteiger charge is 2.30. The van der Waals surface area contributed by atoms with Crippen molar-refractivity contribution in [1.29, 1.82) is 0 Å². The molecular weight excluding hydrogens is 351 g/mol. The normalized spacial score (nSPS) is 11.7. The number of alkyl halides is 3. The highest BCUT2D eigenvalue weighted by atomic mass is 19.4. The molecule has 0 bridgehead atoms. The molecule has 6 heteroatoms. The van der Waals surface area contributed by atoms with Crippen molar-refractivity contribution < 1.29 is 26.7 Å². The summed E-state index contributed by atoms with van der Waals surface area (Å²) in [5.41, 5.74) is 0.901. The summed E-state index contributed by atoms with van der Waals surface area (Å²) in [4.78, 5) is 0. The van der Waals surface area contributed by atoms with Crippen LogP contribution in [-0.4, -0.2) is 6.36 Å². The molecule has 0 saturated carbocycles. The predicted octanol–water partition coefficient (Wildman–Crippen LogP) is 6.23. The van der Waals surface area contributed by atoms with Crippen LogP contribution in [-0.2, 0) is 0 Å². The largest absolute Gasteiger partial charge is 0.573 e. The molecule has 0 heterocycles. The molecule has 0 atom stereocenters. The molecule has 0 spiro atoms. The molecule has 0 fully saturated rings. The van der Waals surface area contributed by atoms with Crippen LogP contribution in [0, 0.1) is 17.7 Å². The van der Waals surface area contributed by atoms with Crippen LogP contribution in [0.3, 0.4) is 0 Å². The van der Waals surface area contributed by atoms with Gasteiger partial charge in [0.1, 0.15) is 17.4 Å². The Labute approximate surface area is 148 Å². The lowest BCUT2D eigenvalue weighted by atomic mass is 10.1. The molecule has 0 N–H and O–H groups in total. The Bertz CT molecular complexity index is 839. The second-order valence-electron chi connectivity index (χ2n) is 5.40. The monoisotopic (exact) mass is 366 g/mol. The summed E-state index contributed by atoms with van der Waals surface area (Å²) < 4.78 is 67.5. The van der Waals surface area contributed by atoms with Gasteiger partial charge in [0.05, 0.1) is 5.56 Å². The molecule has 136 valence electrons. The molecule has 26 heavy (non-hydrogen) atoms. The maximum absolute atomic E-state index is 14.0. The fourth-order valence-electron chi connectivity index (χ4n) is 2.09. The second kappa shape index (κ2) is 8.52. The van der Waals surface area contributed by atoms with Crippen LogP contribution in [0.4, 0.5) is 22.0 Å². The molecule has 0 aliphatic carbocycles. The standard InChI is InChI=1S/C20H15F5O/c1-2-3-17(21)12-15-5-9-16(19(22)13-15)8-4-14-6-10-18(11-7-14)26-20(23,24)25/h5-7,9-13H,2-3H2,1H3. The van der Waals surface area contributed by atoms with Crippen LogP contribution in [0.5, 0.6) is 5.75 Å². The summed E-state index contributed by atoms with van der Waals surface area (Å²) in [5, 5.41) is 0. The number of allylic oxidation sites excluding steroid dienone is 1. The number of ether oxygens (including phenoxy) is 1. The first-order chi connectivity index (χ1) is 12.3. The zero-order chi connectivity index (χ0) is 19.2. The lowest BCUT2D eigenvalue weighted by molar-refractivity contribution is -0.274. The summed E-state index contributed by atoms with van der Waals surface area (Å²) >= 11 is 0. The zero-order valence-corrected chi connectivity index (χ0v) is 13.8. The maximum atomic E-state index is 14.0. The van der Waals surface area contributed by atoms with E-state index in [1.165, 1.54) is 30.3 Å². The molecule has 0 unspecified atom stereocenters. The Hall–Kier alpha value is -2.81. The van der Waals surface area contributed by atoms with Crippen LogP contribution < -0.4 is 4.74 Å². The molecule has 2 aromatic carbocycles. The third-order valence-corrected chi connectivity index (χ3v) is 3.23. The van der Waals surface area contributed by atoms with Gasteiger partial charge in [-0.15, -0.1) is 13.2 Å². The van der Waals surface area contributed by atoms with Crippen molar-refractivity contribution >= 4 is 6.08 Å². The maximum Gasteiger partial charge on any atom is 0.573 e. The van der Waals surface area contributed by atoms with Crippen molar-refractivity contribution in [2.24, 2.45) is 0 Å². The van der Waals surface area contributed by atoms with E-state index in [2.05, 4.69) is 16.6 Å². The molecule has 0 amide bonds. The highest BCUT2D eigenvalue weighted by molar-refractivity contribution is 5.54. The third kappa shape index (κ3) is 6.25. The van der Waals surface area contributed by atoms with Gasteiger partial charge in [-0.05, 0) is 60.9 Å². The number of hydrogen-bond acceptors (Lipinski definition) is 1. The topological polar surface area (TPSA) is 9.23 Å². The SMILES string of the molecule is CCCC(F)=Cc1ccc(C#Cc2ccc(OC(F)(F)F)cc2)c(F)c1. The van der Waals surface area contributed by atoms with Gasteiger partial charge in [-0.2, -0.15) is 0 Å². The molecule has 1 nitrogen and oxygen atoms in total. The zero-order valence-electron chi connectivity index (χ0n) is 13.8. The number of halogens is 5. The van der Waals surface area contributed by atoms with E-state index in [-0.39, 0.29) is 23.6 Å². The van der Waals surface area contributed by atoms with Crippen molar-refractivity contribution in [2.45, 2.75) is 26.1 Å². The van der Waals surface area contributed by atoms with Gasteiger partial charge < -0.3 is 4.74 Å². The second-order valence-corrected chi connectivity index (χ2v) is 5.40. The summed E-state index contributed by atoms with van der Waals surface area (Å²) in [6.07, 6.45) is -2.55. The Morgan fingerprint density at radius 2 is 1.77 bits per heavy atom. The van der Waals surface area contributed by atoms with Gasteiger partial charge in [-0.1, -0.05) is 24.8 Å². The van der Waals surface area contributed by atoms with Gasteiger partial charge in [-0.3, -0.25) is 0 Å². The Balaban J connectivity index is 2.13. The number of rotatable bonds is 4. The van der Waals surface area contributed by atoms with Gasteiger partial charge in [0.2, 0.25) is 0 Å².